The monoisotopic (exact) mass is 333 g/mol. The van der Waals surface area contributed by atoms with E-state index in [0.717, 1.165) is 10.6 Å². The van der Waals surface area contributed by atoms with Crippen LogP contribution in [0.3, 0.4) is 0 Å². The molecule has 23 heavy (non-hydrogen) atoms. The molecule has 4 nitrogen and oxygen atoms in total. The summed E-state index contributed by atoms with van der Waals surface area (Å²) >= 11 is 6.16. The van der Waals surface area contributed by atoms with E-state index in [1.54, 1.807) is 12.1 Å². The summed E-state index contributed by atoms with van der Waals surface area (Å²) in [7, 11) is 0. The first-order chi connectivity index (χ1) is 11.2. The molecule has 1 unspecified atom stereocenters. The van der Waals surface area contributed by atoms with E-state index in [1.165, 1.54) is 0 Å². The molecule has 3 atom stereocenters. The summed E-state index contributed by atoms with van der Waals surface area (Å²) in [6.45, 7) is 0.913. The zero-order valence-corrected chi connectivity index (χ0v) is 13.4. The van der Waals surface area contributed by atoms with Gasteiger partial charge in [-0.1, -0.05) is 60.1 Å². The molecule has 1 saturated heterocycles. The highest BCUT2D eigenvalue weighted by molar-refractivity contribution is 6.31. The SMILES string of the molecule is OC(c1ccccc1Cl)[C@H]1[C@@H](OCc2ccccc2)CCN1O. The summed E-state index contributed by atoms with van der Waals surface area (Å²) in [4.78, 5) is 0. The first-order valence-corrected chi connectivity index (χ1v) is 8.08. The zero-order valence-electron chi connectivity index (χ0n) is 12.7. The van der Waals surface area contributed by atoms with Crippen LogP contribution in [-0.4, -0.2) is 34.1 Å². The topological polar surface area (TPSA) is 52.9 Å². The Balaban J connectivity index is 1.72. The van der Waals surface area contributed by atoms with Crippen molar-refractivity contribution in [3.8, 4) is 0 Å². The fourth-order valence-electron chi connectivity index (χ4n) is 3.00. The lowest BCUT2D eigenvalue weighted by molar-refractivity contribution is -0.156. The quantitative estimate of drug-likeness (QED) is 0.880. The van der Waals surface area contributed by atoms with E-state index in [4.69, 9.17) is 16.3 Å². The average Bonchev–Trinajstić information content (AvgIpc) is 2.94. The Bertz CT molecular complexity index is 637. The summed E-state index contributed by atoms with van der Waals surface area (Å²) < 4.78 is 5.95. The third-order valence-electron chi connectivity index (χ3n) is 4.22. The third-order valence-corrected chi connectivity index (χ3v) is 4.57. The van der Waals surface area contributed by atoms with Crippen molar-refractivity contribution >= 4 is 11.6 Å². The second-order valence-corrected chi connectivity index (χ2v) is 6.15. The van der Waals surface area contributed by atoms with Gasteiger partial charge in [-0.25, -0.2) is 0 Å². The van der Waals surface area contributed by atoms with Crippen LogP contribution in [0.25, 0.3) is 0 Å². The summed E-state index contributed by atoms with van der Waals surface area (Å²) in [5.74, 6) is 0. The standard InChI is InChI=1S/C18H20ClNO3/c19-15-9-5-4-8-14(15)18(21)17-16(10-11-20(17)22)23-12-13-6-2-1-3-7-13/h1-9,16-18,21-22H,10-12H2/t16-,17+,18?/m0/s1. The van der Waals surface area contributed by atoms with Crippen LogP contribution >= 0.6 is 11.6 Å². The van der Waals surface area contributed by atoms with Crippen molar-refractivity contribution < 1.29 is 15.1 Å². The molecule has 3 rings (SSSR count). The summed E-state index contributed by atoms with van der Waals surface area (Å²) in [5, 5.41) is 22.4. The van der Waals surface area contributed by atoms with Gasteiger partial charge >= 0.3 is 0 Å². The zero-order chi connectivity index (χ0) is 16.2. The Morgan fingerprint density at radius 2 is 1.83 bits per heavy atom. The number of hydrogen-bond acceptors (Lipinski definition) is 4. The van der Waals surface area contributed by atoms with Gasteiger partial charge in [-0.3, -0.25) is 0 Å². The minimum atomic E-state index is -0.906. The van der Waals surface area contributed by atoms with Gasteiger partial charge in [0.1, 0.15) is 6.10 Å². The molecule has 2 N–H and O–H groups in total. The van der Waals surface area contributed by atoms with Crippen molar-refractivity contribution in [2.75, 3.05) is 6.54 Å². The molecule has 1 aliphatic heterocycles. The lowest BCUT2D eigenvalue weighted by Crippen LogP contribution is -2.39. The number of hydrogen-bond donors (Lipinski definition) is 2. The number of ether oxygens (including phenoxy) is 1. The van der Waals surface area contributed by atoms with Crippen LogP contribution in [0.5, 0.6) is 0 Å². The maximum absolute atomic E-state index is 10.7. The van der Waals surface area contributed by atoms with Gasteiger partial charge in [0.05, 0.1) is 18.8 Å². The predicted octanol–water partition coefficient (Wildman–Crippen LogP) is 3.42. The average molecular weight is 334 g/mol. The Hall–Kier alpha value is -1.43. The van der Waals surface area contributed by atoms with Gasteiger partial charge in [0.15, 0.2) is 0 Å². The predicted molar refractivity (Wildman–Crippen MR) is 88.3 cm³/mol. The molecule has 1 aliphatic rings. The Kier molecular flexibility index (Phi) is 5.30. The van der Waals surface area contributed by atoms with Crippen LogP contribution in [0.1, 0.15) is 23.7 Å². The number of aliphatic hydroxyl groups is 1. The number of nitrogens with zero attached hydrogens (tertiary/aromatic N) is 1. The second-order valence-electron chi connectivity index (χ2n) is 5.74. The number of rotatable bonds is 5. The summed E-state index contributed by atoms with van der Waals surface area (Å²) in [6.07, 6.45) is -0.501. The largest absolute Gasteiger partial charge is 0.387 e. The van der Waals surface area contributed by atoms with Gasteiger partial charge in [0.2, 0.25) is 0 Å². The van der Waals surface area contributed by atoms with Gasteiger partial charge in [0.25, 0.3) is 0 Å². The van der Waals surface area contributed by atoms with E-state index in [1.807, 2.05) is 42.5 Å². The van der Waals surface area contributed by atoms with E-state index in [0.29, 0.717) is 30.2 Å². The van der Waals surface area contributed by atoms with Crippen LogP contribution in [0.2, 0.25) is 5.02 Å². The summed E-state index contributed by atoms with van der Waals surface area (Å²) in [6, 6.07) is 16.5. The molecule has 0 bridgehead atoms. The lowest BCUT2D eigenvalue weighted by atomic mass is 9.99. The summed E-state index contributed by atoms with van der Waals surface area (Å²) in [5.41, 5.74) is 1.67. The highest BCUT2D eigenvalue weighted by Crippen LogP contribution is 2.33. The second kappa shape index (κ2) is 7.43. The molecule has 2 aromatic rings. The highest BCUT2D eigenvalue weighted by Gasteiger charge is 2.40. The van der Waals surface area contributed by atoms with Crippen LogP contribution in [0.15, 0.2) is 54.6 Å². The number of hydroxylamine groups is 2. The molecule has 2 aromatic carbocycles. The number of benzene rings is 2. The van der Waals surface area contributed by atoms with Gasteiger partial charge < -0.3 is 15.1 Å². The molecule has 0 aliphatic carbocycles. The van der Waals surface area contributed by atoms with Crippen molar-refractivity contribution in [3.63, 3.8) is 0 Å². The fourth-order valence-corrected chi connectivity index (χ4v) is 3.24. The van der Waals surface area contributed by atoms with Crippen molar-refractivity contribution in [1.29, 1.82) is 0 Å². The Morgan fingerprint density at radius 3 is 2.57 bits per heavy atom. The van der Waals surface area contributed by atoms with Crippen LogP contribution in [0.4, 0.5) is 0 Å². The molecule has 1 fully saturated rings. The van der Waals surface area contributed by atoms with Crippen molar-refractivity contribution in [1.82, 2.24) is 5.06 Å². The van der Waals surface area contributed by atoms with E-state index in [2.05, 4.69) is 0 Å². The molecular weight excluding hydrogens is 314 g/mol. The van der Waals surface area contributed by atoms with Crippen molar-refractivity contribution in [2.45, 2.75) is 31.3 Å². The van der Waals surface area contributed by atoms with Gasteiger partial charge in [-0.15, -0.1) is 0 Å². The van der Waals surface area contributed by atoms with Crippen LogP contribution in [0, 0.1) is 0 Å². The Labute approximate surface area is 140 Å². The minimum absolute atomic E-state index is 0.258. The first kappa shape index (κ1) is 16.4. The maximum Gasteiger partial charge on any atom is 0.101 e. The van der Waals surface area contributed by atoms with Gasteiger partial charge in [-0.2, -0.15) is 5.06 Å². The third kappa shape index (κ3) is 3.74. The van der Waals surface area contributed by atoms with Crippen molar-refractivity contribution in [2.24, 2.45) is 0 Å². The van der Waals surface area contributed by atoms with E-state index < -0.39 is 12.1 Å². The van der Waals surface area contributed by atoms with Gasteiger partial charge in [0, 0.05) is 17.1 Å². The van der Waals surface area contributed by atoms with E-state index in [9.17, 15) is 10.3 Å². The number of halogens is 1. The molecular formula is C18H20ClNO3. The fraction of sp³-hybridized carbons (Fsp3) is 0.333. The minimum Gasteiger partial charge on any atom is -0.387 e. The first-order valence-electron chi connectivity index (χ1n) is 7.70. The van der Waals surface area contributed by atoms with E-state index >= 15 is 0 Å². The van der Waals surface area contributed by atoms with E-state index in [-0.39, 0.29) is 6.10 Å². The smallest absolute Gasteiger partial charge is 0.101 e. The maximum atomic E-state index is 10.7. The number of aliphatic hydroxyl groups excluding tert-OH is 1. The molecule has 0 radical (unpaired) electrons. The molecule has 0 amide bonds. The lowest BCUT2D eigenvalue weighted by Gasteiger charge is -2.29. The van der Waals surface area contributed by atoms with Crippen LogP contribution in [-0.2, 0) is 11.3 Å². The van der Waals surface area contributed by atoms with Gasteiger partial charge in [-0.05, 0) is 18.1 Å². The van der Waals surface area contributed by atoms with Crippen LogP contribution < -0.4 is 0 Å². The van der Waals surface area contributed by atoms with Crippen molar-refractivity contribution in [3.05, 3.63) is 70.7 Å². The molecule has 122 valence electrons. The molecule has 0 saturated carbocycles. The normalized spacial score (nSPS) is 23.1. The Morgan fingerprint density at radius 1 is 1.13 bits per heavy atom. The molecule has 5 heteroatoms. The molecule has 1 heterocycles. The molecule has 0 aromatic heterocycles. The molecule has 0 spiro atoms. The highest BCUT2D eigenvalue weighted by atomic mass is 35.5.